The number of phenolic OH excluding ortho intramolecular Hbond substituents is 1. The Morgan fingerprint density at radius 2 is 1.88 bits per heavy atom. The predicted molar refractivity (Wildman–Crippen MR) is 115 cm³/mol. The highest BCUT2D eigenvalue weighted by Crippen LogP contribution is 2.36. The molecule has 0 aliphatic heterocycles. The highest BCUT2D eigenvalue weighted by Gasteiger charge is 2.25. The molecule has 0 atom stereocenters. The first-order valence-corrected chi connectivity index (χ1v) is 9.41. The average Bonchev–Trinajstić information content (AvgIpc) is 3.46. The van der Waals surface area contributed by atoms with Crippen LogP contribution in [0.2, 0.25) is 0 Å². The van der Waals surface area contributed by atoms with Gasteiger partial charge in [0.1, 0.15) is 5.69 Å². The molecule has 0 spiro atoms. The molecule has 4 N–H and O–H groups in total. The van der Waals surface area contributed by atoms with Gasteiger partial charge in [-0.1, -0.05) is 35.5 Å². The molecule has 4 rings (SSSR count). The van der Waals surface area contributed by atoms with Crippen LogP contribution < -0.4 is 20.6 Å². The van der Waals surface area contributed by atoms with Gasteiger partial charge < -0.3 is 20.3 Å². The molecule has 1 amide bonds. The zero-order chi connectivity index (χ0) is 23.4. The minimum absolute atomic E-state index is 0.0164. The molecule has 0 aliphatic rings. The Morgan fingerprint density at radius 3 is 2.48 bits per heavy atom. The SMILES string of the molecule is COc1cc(/C=N\NC(=O)c2nnn(-c3nonc3N)c2-c2ccccc2)cc(OC)c1O. The van der Waals surface area contributed by atoms with Crippen LogP contribution in [0.15, 0.2) is 52.2 Å². The van der Waals surface area contributed by atoms with Crippen LogP contribution in [0.4, 0.5) is 5.82 Å². The van der Waals surface area contributed by atoms with Crippen molar-refractivity contribution in [2.45, 2.75) is 0 Å². The van der Waals surface area contributed by atoms with Gasteiger partial charge in [-0.3, -0.25) is 4.79 Å². The van der Waals surface area contributed by atoms with Crippen molar-refractivity contribution >= 4 is 17.9 Å². The number of amides is 1. The number of aromatic hydroxyl groups is 1. The number of nitrogens with one attached hydrogen (secondary N) is 1. The van der Waals surface area contributed by atoms with Gasteiger partial charge in [0.15, 0.2) is 17.2 Å². The molecular formula is C20H18N8O5. The fraction of sp³-hybridized carbons (Fsp3) is 0.100. The van der Waals surface area contributed by atoms with Crippen molar-refractivity contribution in [2.75, 3.05) is 20.0 Å². The topological polar surface area (TPSA) is 176 Å². The van der Waals surface area contributed by atoms with Gasteiger partial charge >= 0.3 is 0 Å². The number of aromatic nitrogens is 5. The first-order chi connectivity index (χ1) is 16.0. The summed E-state index contributed by atoms with van der Waals surface area (Å²) in [5, 5.41) is 29.2. The number of methoxy groups -OCH3 is 2. The Morgan fingerprint density at radius 1 is 1.18 bits per heavy atom. The van der Waals surface area contributed by atoms with Crippen LogP contribution in [0.5, 0.6) is 17.2 Å². The Labute approximate surface area is 186 Å². The normalized spacial score (nSPS) is 11.0. The second-order valence-corrected chi connectivity index (χ2v) is 6.51. The molecule has 2 aromatic heterocycles. The fourth-order valence-corrected chi connectivity index (χ4v) is 2.98. The number of benzene rings is 2. The van der Waals surface area contributed by atoms with Gasteiger partial charge in [0, 0.05) is 11.1 Å². The van der Waals surface area contributed by atoms with Crippen LogP contribution in [0, 0.1) is 0 Å². The summed E-state index contributed by atoms with van der Waals surface area (Å²) in [5.74, 6) is -0.328. The summed E-state index contributed by atoms with van der Waals surface area (Å²) in [7, 11) is 2.81. The molecule has 0 bridgehead atoms. The lowest BCUT2D eigenvalue weighted by Gasteiger charge is -2.09. The molecule has 2 heterocycles. The van der Waals surface area contributed by atoms with Crippen LogP contribution in [0.1, 0.15) is 16.1 Å². The number of hydrogen-bond acceptors (Lipinski definition) is 11. The van der Waals surface area contributed by atoms with Crippen LogP contribution in [-0.4, -0.2) is 56.8 Å². The first-order valence-electron chi connectivity index (χ1n) is 9.41. The number of phenols is 1. The maximum atomic E-state index is 12.9. The van der Waals surface area contributed by atoms with E-state index in [2.05, 4.69) is 35.8 Å². The maximum Gasteiger partial charge on any atom is 0.294 e. The molecule has 0 radical (unpaired) electrons. The third kappa shape index (κ3) is 4.14. The lowest BCUT2D eigenvalue weighted by atomic mass is 10.1. The van der Waals surface area contributed by atoms with E-state index in [1.807, 2.05) is 6.07 Å². The van der Waals surface area contributed by atoms with Crippen molar-refractivity contribution in [3.05, 3.63) is 53.7 Å². The number of ether oxygens (including phenoxy) is 2. The van der Waals surface area contributed by atoms with Gasteiger partial charge in [0.2, 0.25) is 17.4 Å². The molecular weight excluding hydrogens is 432 g/mol. The molecule has 0 aliphatic carbocycles. The molecule has 2 aromatic carbocycles. The van der Waals surface area contributed by atoms with Crippen molar-refractivity contribution < 1.29 is 24.0 Å². The molecule has 0 saturated heterocycles. The average molecular weight is 450 g/mol. The summed E-state index contributed by atoms with van der Waals surface area (Å²) in [6.45, 7) is 0. The number of hydrazone groups is 1. The Balaban J connectivity index is 1.65. The summed E-state index contributed by atoms with van der Waals surface area (Å²) < 4.78 is 16.1. The van der Waals surface area contributed by atoms with E-state index in [1.165, 1.54) is 37.2 Å². The van der Waals surface area contributed by atoms with Crippen LogP contribution in [-0.2, 0) is 0 Å². The Kier molecular flexibility index (Phi) is 5.84. The van der Waals surface area contributed by atoms with E-state index in [4.69, 9.17) is 15.2 Å². The van der Waals surface area contributed by atoms with Gasteiger partial charge in [0.05, 0.1) is 20.4 Å². The lowest BCUT2D eigenvalue weighted by Crippen LogP contribution is -2.19. The zero-order valence-electron chi connectivity index (χ0n) is 17.5. The van der Waals surface area contributed by atoms with E-state index in [1.54, 1.807) is 24.3 Å². The summed E-state index contributed by atoms with van der Waals surface area (Å²) in [4.78, 5) is 12.9. The predicted octanol–water partition coefficient (Wildman–Crippen LogP) is 1.39. The number of nitrogens with zero attached hydrogens (tertiary/aromatic N) is 6. The fourth-order valence-electron chi connectivity index (χ4n) is 2.98. The largest absolute Gasteiger partial charge is 0.502 e. The monoisotopic (exact) mass is 450 g/mol. The van der Waals surface area contributed by atoms with Gasteiger partial charge in [-0.25, -0.2) is 10.1 Å². The van der Waals surface area contributed by atoms with Crippen molar-refractivity contribution in [1.82, 2.24) is 30.7 Å². The van der Waals surface area contributed by atoms with E-state index in [0.29, 0.717) is 16.8 Å². The third-order valence-electron chi connectivity index (χ3n) is 4.51. The minimum Gasteiger partial charge on any atom is -0.502 e. The first kappa shape index (κ1) is 21.3. The quantitative estimate of drug-likeness (QED) is 0.275. The van der Waals surface area contributed by atoms with Gasteiger partial charge in [-0.05, 0) is 22.4 Å². The third-order valence-corrected chi connectivity index (χ3v) is 4.51. The molecule has 168 valence electrons. The summed E-state index contributed by atoms with van der Waals surface area (Å²) in [6, 6.07) is 12.0. The standard InChI is InChI=1S/C20H18N8O5/c1-31-13-8-11(9-14(32-2)17(13)29)10-22-24-20(30)15-16(12-6-4-3-5-7-12)28(27-23-15)19-18(21)25-33-26-19/h3-10,29H,1-2H3,(H2,21,25)(H,24,30)/b22-10-. The molecule has 0 fully saturated rings. The van der Waals surface area contributed by atoms with E-state index in [9.17, 15) is 9.90 Å². The van der Waals surface area contributed by atoms with Crippen LogP contribution in [0.3, 0.4) is 0 Å². The molecule has 0 unspecified atom stereocenters. The van der Waals surface area contributed by atoms with Gasteiger partial charge in [-0.2, -0.15) is 9.78 Å². The molecule has 13 heteroatoms. The highest BCUT2D eigenvalue weighted by molar-refractivity contribution is 5.98. The number of rotatable bonds is 7. The summed E-state index contributed by atoms with van der Waals surface area (Å²) in [5.41, 5.74) is 9.62. The van der Waals surface area contributed by atoms with Gasteiger partial charge in [-0.15, -0.1) is 5.10 Å². The zero-order valence-corrected chi connectivity index (χ0v) is 17.5. The molecule has 33 heavy (non-hydrogen) atoms. The van der Waals surface area contributed by atoms with Crippen LogP contribution >= 0.6 is 0 Å². The summed E-state index contributed by atoms with van der Waals surface area (Å²) >= 11 is 0. The van der Waals surface area contributed by atoms with Crippen molar-refractivity contribution in [2.24, 2.45) is 5.10 Å². The smallest absolute Gasteiger partial charge is 0.294 e. The van der Waals surface area contributed by atoms with Crippen molar-refractivity contribution in [3.63, 3.8) is 0 Å². The van der Waals surface area contributed by atoms with E-state index in [0.717, 1.165) is 0 Å². The molecule has 0 saturated carbocycles. The number of carbonyl (C=O) groups is 1. The second-order valence-electron chi connectivity index (χ2n) is 6.51. The van der Waals surface area contributed by atoms with Gasteiger partial charge in [0.25, 0.3) is 5.91 Å². The lowest BCUT2D eigenvalue weighted by molar-refractivity contribution is 0.0950. The Bertz CT molecular complexity index is 1290. The number of nitrogen functional groups attached to an aromatic ring is 1. The molecule has 4 aromatic rings. The number of anilines is 1. The van der Waals surface area contributed by atoms with Crippen LogP contribution in [0.25, 0.3) is 17.1 Å². The highest BCUT2D eigenvalue weighted by atomic mass is 16.6. The van der Waals surface area contributed by atoms with Crippen molar-refractivity contribution in [3.8, 4) is 34.3 Å². The Hall–Kier alpha value is -4.94. The second kappa shape index (κ2) is 9.05. The maximum absolute atomic E-state index is 12.9. The van der Waals surface area contributed by atoms with E-state index < -0.39 is 5.91 Å². The number of nitrogens with two attached hydrogens (primary N) is 1. The van der Waals surface area contributed by atoms with E-state index >= 15 is 0 Å². The summed E-state index contributed by atoms with van der Waals surface area (Å²) in [6.07, 6.45) is 1.36. The minimum atomic E-state index is -0.635. The number of carbonyl (C=O) groups excluding carboxylic acids is 1. The number of hydrogen-bond donors (Lipinski definition) is 3. The van der Waals surface area contributed by atoms with E-state index in [-0.39, 0.29) is 34.6 Å². The van der Waals surface area contributed by atoms with Crippen molar-refractivity contribution in [1.29, 1.82) is 0 Å². The molecule has 13 nitrogen and oxygen atoms in total.